The highest BCUT2D eigenvalue weighted by atomic mass is 16.5. The molecule has 1 aliphatic carbocycles. The normalized spacial score (nSPS) is 21.6. The molecule has 1 aliphatic rings. The summed E-state index contributed by atoms with van der Waals surface area (Å²) in [6.45, 7) is 0.361. The number of methoxy groups -OCH3 is 1. The highest BCUT2D eigenvalue weighted by molar-refractivity contribution is 5.76. The fourth-order valence-electron chi connectivity index (χ4n) is 2.48. The summed E-state index contributed by atoms with van der Waals surface area (Å²) in [7, 11) is 1.69. The number of carbonyl (C=O) groups excluding carboxylic acids is 1. The van der Waals surface area contributed by atoms with Crippen LogP contribution in [-0.4, -0.2) is 31.8 Å². The topological polar surface area (TPSA) is 73.6 Å². The smallest absolute Gasteiger partial charge is 0.223 e. The minimum atomic E-state index is 0.00870. The van der Waals surface area contributed by atoms with Gasteiger partial charge in [0.25, 0.3) is 0 Å². The highest BCUT2D eigenvalue weighted by Gasteiger charge is 2.28. The van der Waals surface area contributed by atoms with Gasteiger partial charge in [-0.05, 0) is 43.5 Å². The molecule has 3 N–H and O–H groups in total. The molecule has 0 spiro atoms. The van der Waals surface area contributed by atoms with Crippen LogP contribution in [0.4, 0.5) is 5.69 Å². The Balaban J connectivity index is 1.68. The number of carbonyl (C=O) groups is 1. The zero-order valence-corrected chi connectivity index (χ0v) is 11.8. The average molecular weight is 278 g/mol. The van der Waals surface area contributed by atoms with Gasteiger partial charge in [0.05, 0.1) is 25.2 Å². The monoisotopic (exact) mass is 278 g/mol. The lowest BCUT2D eigenvalue weighted by Crippen LogP contribution is -2.41. The van der Waals surface area contributed by atoms with Crippen molar-refractivity contribution in [3.63, 3.8) is 0 Å². The van der Waals surface area contributed by atoms with Crippen molar-refractivity contribution < 1.29 is 14.3 Å². The zero-order chi connectivity index (χ0) is 14.4. The number of rotatable bonds is 6. The first kappa shape index (κ1) is 14.7. The Morgan fingerprint density at radius 3 is 2.80 bits per heavy atom. The van der Waals surface area contributed by atoms with Gasteiger partial charge >= 0.3 is 0 Å². The maximum absolute atomic E-state index is 11.8. The van der Waals surface area contributed by atoms with E-state index >= 15 is 0 Å². The van der Waals surface area contributed by atoms with Gasteiger partial charge < -0.3 is 20.5 Å². The van der Waals surface area contributed by atoms with Gasteiger partial charge in [0, 0.05) is 12.8 Å². The van der Waals surface area contributed by atoms with E-state index in [9.17, 15) is 4.79 Å². The lowest BCUT2D eigenvalue weighted by Gasteiger charge is -2.19. The van der Waals surface area contributed by atoms with Crippen molar-refractivity contribution in [2.24, 2.45) is 0 Å². The van der Waals surface area contributed by atoms with Crippen LogP contribution in [0.2, 0.25) is 0 Å². The Morgan fingerprint density at radius 1 is 1.35 bits per heavy atom. The van der Waals surface area contributed by atoms with Gasteiger partial charge in [0.2, 0.25) is 5.91 Å². The maximum Gasteiger partial charge on any atom is 0.223 e. The molecule has 2 atom stereocenters. The SMILES string of the molecule is COC1CCCC1NC(=O)CCOc1ccc(N)cc1. The van der Waals surface area contributed by atoms with Gasteiger partial charge in [-0.25, -0.2) is 0 Å². The Morgan fingerprint density at radius 2 is 2.10 bits per heavy atom. The third-order valence-electron chi connectivity index (χ3n) is 3.58. The molecular formula is C15H22N2O3. The van der Waals surface area contributed by atoms with Gasteiger partial charge in [0.1, 0.15) is 5.75 Å². The Hall–Kier alpha value is -1.75. The quantitative estimate of drug-likeness (QED) is 0.777. The molecule has 2 rings (SSSR count). The lowest BCUT2D eigenvalue weighted by atomic mass is 10.2. The Bertz CT molecular complexity index is 433. The molecule has 0 radical (unpaired) electrons. The molecule has 1 fully saturated rings. The van der Waals surface area contributed by atoms with Crippen LogP contribution in [0.15, 0.2) is 24.3 Å². The average Bonchev–Trinajstić information content (AvgIpc) is 2.88. The van der Waals surface area contributed by atoms with Gasteiger partial charge in [0.15, 0.2) is 0 Å². The maximum atomic E-state index is 11.8. The minimum Gasteiger partial charge on any atom is -0.493 e. The predicted molar refractivity (Wildman–Crippen MR) is 77.5 cm³/mol. The van der Waals surface area contributed by atoms with Crippen LogP contribution in [0.1, 0.15) is 25.7 Å². The molecule has 2 unspecified atom stereocenters. The van der Waals surface area contributed by atoms with Crippen molar-refractivity contribution >= 4 is 11.6 Å². The van der Waals surface area contributed by atoms with E-state index in [0.29, 0.717) is 18.7 Å². The van der Waals surface area contributed by atoms with Gasteiger partial charge in [-0.3, -0.25) is 4.79 Å². The molecule has 5 nitrogen and oxygen atoms in total. The second kappa shape index (κ2) is 7.14. The molecule has 5 heteroatoms. The van der Waals surface area contributed by atoms with E-state index in [4.69, 9.17) is 15.2 Å². The standard InChI is InChI=1S/C15H22N2O3/c1-19-14-4-2-3-13(14)17-15(18)9-10-20-12-7-5-11(16)6-8-12/h5-8,13-14H,2-4,9-10,16H2,1H3,(H,17,18). The number of benzene rings is 1. The molecule has 110 valence electrons. The van der Waals surface area contributed by atoms with Crippen LogP contribution >= 0.6 is 0 Å². The fourth-order valence-corrected chi connectivity index (χ4v) is 2.48. The van der Waals surface area contributed by atoms with E-state index in [2.05, 4.69) is 5.32 Å². The summed E-state index contributed by atoms with van der Waals surface area (Å²) in [5.74, 6) is 0.733. The molecule has 1 aromatic carbocycles. The summed E-state index contributed by atoms with van der Waals surface area (Å²) in [6, 6.07) is 7.29. The van der Waals surface area contributed by atoms with Crippen LogP contribution in [0.3, 0.4) is 0 Å². The Labute approximate surface area is 119 Å². The van der Waals surface area contributed by atoms with Crippen molar-refractivity contribution in [1.29, 1.82) is 0 Å². The molecule has 20 heavy (non-hydrogen) atoms. The van der Waals surface area contributed by atoms with Crippen LogP contribution in [0.25, 0.3) is 0 Å². The van der Waals surface area contributed by atoms with Crippen molar-refractivity contribution in [1.82, 2.24) is 5.32 Å². The van der Waals surface area contributed by atoms with E-state index in [1.165, 1.54) is 0 Å². The molecule has 1 amide bonds. The fraction of sp³-hybridized carbons (Fsp3) is 0.533. The summed E-state index contributed by atoms with van der Waals surface area (Å²) in [5, 5.41) is 3.01. The molecule has 0 aromatic heterocycles. The number of anilines is 1. The summed E-state index contributed by atoms with van der Waals surface area (Å²) in [5.41, 5.74) is 6.29. The summed E-state index contributed by atoms with van der Waals surface area (Å²) >= 11 is 0. The summed E-state index contributed by atoms with van der Waals surface area (Å²) in [4.78, 5) is 11.8. The first-order chi connectivity index (χ1) is 9.69. The first-order valence-electron chi connectivity index (χ1n) is 6.99. The number of ether oxygens (including phenoxy) is 2. The van der Waals surface area contributed by atoms with E-state index in [0.717, 1.165) is 25.0 Å². The largest absolute Gasteiger partial charge is 0.493 e. The van der Waals surface area contributed by atoms with Gasteiger partial charge in [-0.2, -0.15) is 0 Å². The third-order valence-corrected chi connectivity index (χ3v) is 3.58. The van der Waals surface area contributed by atoms with Crippen molar-refractivity contribution in [2.75, 3.05) is 19.5 Å². The third kappa shape index (κ3) is 4.13. The van der Waals surface area contributed by atoms with E-state index in [1.807, 2.05) is 0 Å². The second-order valence-corrected chi connectivity index (χ2v) is 5.05. The highest BCUT2D eigenvalue weighted by Crippen LogP contribution is 2.21. The number of amides is 1. The number of nitrogen functional groups attached to an aromatic ring is 1. The molecule has 1 aromatic rings. The molecule has 0 heterocycles. The van der Waals surface area contributed by atoms with E-state index in [1.54, 1.807) is 31.4 Å². The molecule has 0 saturated heterocycles. The summed E-state index contributed by atoms with van der Waals surface area (Å²) in [6.07, 6.45) is 3.60. The number of hydrogen-bond acceptors (Lipinski definition) is 4. The van der Waals surface area contributed by atoms with Gasteiger partial charge in [-0.15, -0.1) is 0 Å². The van der Waals surface area contributed by atoms with Crippen molar-refractivity contribution in [2.45, 2.75) is 37.8 Å². The molecule has 0 bridgehead atoms. The van der Waals surface area contributed by atoms with Crippen molar-refractivity contribution in [3.05, 3.63) is 24.3 Å². The lowest BCUT2D eigenvalue weighted by molar-refractivity contribution is -0.123. The van der Waals surface area contributed by atoms with Crippen LogP contribution in [0, 0.1) is 0 Å². The van der Waals surface area contributed by atoms with E-state index < -0.39 is 0 Å². The summed E-state index contributed by atoms with van der Waals surface area (Å²) < 4.78 is 10.9. The number of hydrogen-bond donors (Lipinski definition) is 2. The van der Waals surface area contributed by atoms with Crippen LogP contribution in [0.5, 0.6) is 5.75 Å². The van der Waals surface area contributed by atoms with Crippen LogP contribution < -0.4 is 15.8 Å². The number of nitrogens with one attached hydrogen (secondary N) is 1. The Kier molecular flexibility index (Phi) is 5.24. The molecule has 1 saturated carbocycles. The molecular weight excluding hydrogens is 256 g/mol. The number of nitrogens with two attached hydrogens (primary N) is 1. The minimum absolute atomic E-state index is 0.00870. The first-order valence-corrected chi connectivity index (χ1v) is 6.99. The van der Waals surface area contributed by atoms with E-state index in [-0.39, 0.29) is 18.1 Å². The van der Waals surface area contributed by atoms with Gasteiger partial charge in [-0.1, -0.05) is 0 Å². The van der Waals surface area contributed by atoms with Crippen LogP contribution in [-0.2, 0) is 9.53 Å². The molecule has 0 aliphatic heterocycles. The van der Waals surface area contributed by atoms with Crippen molar-refractivity contribution in [3.8, 4) is 5.75 Å². The predicted octanol–water partition coefficient (Wildman–Crippen LogP) is 1.72. The second-order valence-electron chi connectivity index (χ2n) is 5.05. The zero-order valence-electron chi connectivity index (χ0n) is 11.8.